The second-order valence-electron chi connectivity index (χ2n) is 10.9. The minimum atomic E-state index is -0.655. The maximum Gasteiger partial charge on any atom is 0.227 e. The van der Waals surface area contributed by atoms with Crippen molar-refractivity contribution in [3.05, 3.63) is 77.4 Å². The summed E-state index contributed by atoms with van der Waals surface area (Å²) in [5.74, 6) is 1.79. The number of hydrogen-bond donors (Lipinski definition) is 1. The Balaban J connectivity index is 1.80. The molecule has 178 valence electrons. The van der Waals surface area contributed by atoms with Gasteiger partial charge in [0.15, 0.2) is 12.0 Å². The average molecular weight is 458 g/mol. The van der Waals surface area contributed by atoms with Gasteiger partial charge >= 0.3 is 0 Å². The number of aromatic nitrogens is 3. The minimum absolute atomic E-state index is 0.0234. The number of nitrogens with zero attached hydrogens (tertiary/aromatic N) is 4. The molecule has 6 heteroatoms. The number of carbonyl (C=O) groups excluding carboxylic acids is 1. The van der Waals surface area contributed by atoms with Crippen molar-refractivity contribution in [2.24, 2.45) is 21.7 Å². The monoisotopic (exact) mass is 457 g/mol. The molecule has 1 aliphatic rings. The van der Waals surface area contributed by atoms with Gasteiger partial charge < -0.3 is 5.32 Å². The van der Waals surface area contributed by atoms with E-state index in [0.29, 0.717) is 11.7 Å². The predicted octanol–water partition coefficient (Wildman–Crippen LogP) is 5.64. The van der Waals surface area contributed by atoms with Crippen LogP contribution in [-0.4, -0.2) is 26.4 Å². The van der Waals surface area contributed by atoms with E-state index in [2.05, 4.69) is 49.3 Å². The van der Waals surface area contributed by atoms with Crippen molar-refractivity contribution in [3.8, 4) is 5.69 Å². The summed E-state index contributed by atoms with van der Waals surface area (Å²) < 4.78 is 2.00. The van der Waals surface area contributed by atoms with Crippen molar-refractivity contribution in [2.45, 2.75) is 61.1 Å². The van der Waals surface area contributed by atoms with E-state index in [-0.39, 0.29) is 11.3 Å². The zero-order valence-corrected chi connectivity index (χ0v) is 21.3. The Hall–Kier alpha value is -3.28. The first-order valence-corrected chi connectivity index (χ1v) is 12.0. The summed E-state index contributed by atoms with van der Waals surface area (Å²) in [5.41, 5.74) is 3.21. The highest BCUT2D eigenvalue weighted by atomic mass is 16.2. The molecule has 6 nitrogen and oxygen atoms in total. The molecule has 1 unspecified atom stereocenters. The first-order chi connectivity index (χ1) is 16.0. The number of hydrogen-bond acceptors (Lipinski definition) is 4. The highest BCUT2D eigenvalue weighted by Gasteiger charge is 2.38. The number of benzene rings is 2. The fraction of sp³-hybridized carbons (Fsp3) is 0.429. The third-order valence-corrected chi connectivity index (χ3v) is 7.14. The molecule has 1 aliphatic heterocycles. The lowest BCUT2D eigenvalue weighted by molar-refractivity contribution is -0.132. The summed E-state index contributed by atoms with van der Waals surface area (Å²) in [6.45, 7) is 14.8. The quantitative estimate of drug-likeness (QED) is 0.521. The van der Waals surface area contributed by atoms with Gasteiger partial charge in [0, 0.05) is 16.5 Å². The van der Waals surface area contributed by atoms with Crippen molar-refractivity contribution in [3.63, 3.8) is 0 Å². The SMILES string of the molecule is Cc1nnc2n1-c1ccccc1C(c1ccccc1)=NC2NC(=O)C(C)(C)CC(C)(C)C(C)C. The lowest BCUT2D eigenvalue weighted by Gasteiger charge is -2.37. The minimum Gasteiger partial charge on any atom is -0.327 e. The lowest BCUT2D eigenvalue weighted by Crippen LogP contribution is -2.42. The van der Waals surface area contributed by atoms with Crippen molar-refractivity contribution in [2.75, 3.05) is 0 Å². The Kier molecular flexibility index (Phi) is 6.19. The first kappa shape index (κ1) is 23.9. The molecule has 1 N–H and O–H groups in total. The van der Waals surface area contributed by atoms with Gasteiger partial charge in [-0.2, -0.15) is 0 Å². The average Bonchev–Trinajstić information content (AvgIpc) is 3.10. The second-order valence-corrected chi connectivity index (χ2v) is 10.9. The van der Waals surface area contributed by atoms with Crippen LogP contribution >= 0.6 is 0 Å². The Labute approximate surface area is 202 Å². The summed E-state index contributed by atoms with van der Waals surface area (Å²) >= 11 is 0. The highest BCUT2D eigenvalue weighted by molar-refractivity contribution is 6.15. The zero-order valence-electron chi connectivity index (χ0n) is 21.3. The molecule has 0 spiro atoms. The molecule has 1 aromatic heterocycles. The topological polar surface area (TPSA) is 72.2 Å². The molecule has 0 saturated carbocycles. The molecule has 34 heavy (non-hydrogen) atoms. The number of amides is 1. The Morgan fingerprint density at radius 2 is 1.65 bits per heavy atom. The van der Waals surface area contributed by atoms with Crippen LogP contribution in [-0.2, 0) is 4.79 Å². The third-order valence-electron chi connectivity index (χ3n) is 7.14. The van der Waals surface area contributed by atoms with Crippen LogP contribution < -0.4 is 5.32 Å². The van der Waals surface area contributed by atoms with Gasteiger partial charge in [-0.25, -0.2) is 0 Å². The van der Waals surface area contributed by atoms with Gasteiger partial charge in [0.2, 0.25) is 5.91 Å². The molecular formula is C28H35N5O. The van der Waals surface area contributed by atoms with Crippen LogP contribution in [0.15, 0.2) is 59.6 Å². The van der Waals surface area contributed by atoms with Crippen molar-refractivity contribution >= 4 is 11.6 Å². The number of carbonyl (C=O) groups is 1. The molecule has 3 aromatic rings. The van der Waals surface area contributed by atoms with Crippen LogP contribution in [0.2, 0.25) is 0 Å². The van der Waals surface area contributed by atoms with Crippen molar-refractivity contribution < 1.29 is 4.79 Å². The highest BCUT2D eigenvalue weighted by Crippen LogP contribution is 2.40. The van der Waals surface area contributed by atoms with Gasteiger partial charge in [0.1, 0.15) is 5.82 Å². The summed E-state index contributed by atoms with van der Waals surface area (Å²) in [7, 11) is 0. The molecule has 1 atom stereocenters. The number of aliphatic imine (C=N–C) groups is 1. The van der Waals surface area contributed by atoms with Crippen molar-refractivity contribution in [1.82, 2.24) is 20.1 Å². The van der Waals surface area contributed by atoms with Crippen LogP contribution in [0.4, 0.5) is 0 Å². The number of rotatable bonds is 6. The molecule has 4 rings (SSSR count). The zero-order chi connectivity index (χ0) is 24.7. The fourth-order valence-electron chi connectivity index (χ4n) is 4.64. The van der Waals surface area contributed by atoms with Crippen LogP contribution in [0.3, 0.4) is 0 Å². The summed E-state index contributed by atoms with van der Waals surface area (Å²) in [6, 6.07) is 18.2. The number of para-hydroxylation sites is 1. The van der Waals surface area contributed by atoms with Crippen LogP contribution in [0.25, 0.3) is 5.69 Å². The van der Waals surface area contributed by atoms with E-state index in [1.165, 1.54) is 0 Å². The normalized spacial score (nSPS) is 15.9. The van der Waals surface area contributed by atoms with Crippen LogP contribution in [0.5, 0.6) is 0 Å². The molecule has 1 amide bonds. The van der Waals surface area contributed by atoms with E-state index in [1.807, 2.05) is 73.9 Å². The van der Waals surface area contributed by atoms with Crippen LogP contribution in [0, 0.1) is 23.7 Å². The Bertz CT molecular complexity index is 1220. The molecule has 0 saturated heterocycles. The van der Waals surface area contributed by atoms with Gasteiger partial charge in [-0.3, -0.25) is 14.4 Å². The molecule has 2 aromatic carbocycles. The third kappa shape index (κ3) is 4.41. The number of nitrogens with one attached hydrogen (secondary N) is 1. The van der Waals surface area contributed by atoms with E-state index in [9.17, 15) is 4.79 Å². The summed E-state index contributed by atoms with van der Waals surface area (Å²) in [6.07, 6.45) is 0.106. The fourth-order valence-corrected chi connectivity index (χ4v) is 4.64. The lowest BCUT2D eigenvalue weighted by atomic mass is 9.69. The van der Waals surface area contributed by atoms with Gasteiger partial charge in [-0.15, -0.1) is 10.2 Å². The van der Waals surface area contributed by atoms with Gasteiger partial charge in [0.25, 0.3) is 0 Å². The van der Waals surface area contributed by atoms with E-state index >= 15 is 0 Å². The van der Waals surface area contributed by atoms with Crippen molar-refractivity contribution in [1.29, 1.82) is 0 Å². The van der Waals surface area contributed by atoms with Crippen LogP contribution in [0.1, 0.15) is 76.9 Å². The number of aryl methyl sites for hydroxylation is 1. The second kappa shape index (κ2) is 8.82. The molecule has 0 fully saturated rings. The standard InChI is InChI=1S/C28H35N5O/c1-18(2)27(4,5)17-28(6,7)26(34)30-24-25-32-31-19(3)33(25)22-16-12-11-15-21(22)23(29-24)20-13-9-8-10-14-20/h8-16,18,24H,17H2,1-7H3,(H,30,34). The Morgan fingerprint density at radius 3 is 2.32 bits per heavy atom. The molecule has 0 bridgehead atoms. The number of fused-ring (bicyclic) bond motifs is 3. The first-order valence-electron chi connectivity index (χ1n) is 12.0. The predicted molar refractivity (Wildman–Crippen MR) is 136 cm³/mol. The molecule has 2 heterocycles. The maximum absolute atomic E-state index is 13.6. The van der Waals surface area contributed by atoms with Gasteiger partial charge in [-0.05, 0) is 30.7 Å². The van der Waals surface area contributed by atoms with Gasteiger partial charge in [0.05, 0.1) is 11.4 Å². The van der Waals surface area contributed by atoms with E-state index < -0.39 is 11.6 Å². The molecule has 0 radical (unpaired) electrons. The summed E-state index contributed by atoms with van der Waals surface area (Å²) in [4.78, 5) is 18.7. The largest absolute Gasteiger partial charge is 0.327 e. The van der Waals surface area contributed by atoms with E-state index in [1.54, 1.807) is 0 Å². The smallest absolute Gasteiger partial charge is 0.227 e. The van der Waals surface area contributed by atoms with E-state index in [0.717, 1.165) is 34.8 Å². The Morgan fingerprint density at radius 1 is 1.00 bits per heavy atom. The van der Waals surface area contributed by atoms with Gasteiger partial charge in [-0.1, -0.05) is 90.1 Å². The molecular weight excluding hydrogens is 422 g/mol. The maximum atomic E-state index is 13.6. The summed E-state index contributed by atoms with van der Waals surface area (Å²) in [5, 5.41) is 12.0. The molecule has 0 aliphatic carbocycles. The van der Waals surface area contributed by atoms with E-state index in [4.69, 9.17) is 4.99 Å².